The van der Waals surface area contributed by atoms with Gasteiger partial charge in [0.25, 0.3) is 0 Å². The monoisotopic (exact) mass is 280 g/mol. The lowest BCUT2D eigenvalue weighted by Gasteiger charge is -2.19. The molecule has 0 unspecified atom stereocenters. The van der Waals surface area contributed by atoms with Crippen molar-refractivity contribution < 1.29 is 22.7 Å². The number of ether oxygens (including phenoxy) is 1. The standard InChI is InChI=1S/C10H20N2O5S/c1-10(2,3)17-9(14)12-7-8(13)11-5-6-18(4,15)16/h5-7H2,1-4H3,(H,11,13)(H,12,14). The van der Waals surface area contributed by atoms with Gasteiger partial charge in [-0.1, -0.05) is 0 Å². The second-order valence-corrected chi connectivity index (χ2v) is 7.10. The number of hydrogen-bond acceptors (Lipinski definition) is 5. The van der Waals surface area contributed by atoms with E-state index in [9.17, 15) is 18.0 Å². The lowest BCUT2D eigenvalue weighted by Crippen LogP contribution is -2.40. The molecule has 18 heavy (non-hydrogen) atoms. The molecule has 0 fully saturated rings. The van der Waals surface area contributed by atoms with E-state index in [1.165, 1.54) is 0 Å². The van der Waals surface area contributed by atoms with E-state index in [1.54, 1.807) is 20.8 Å². The van der Waals surface area contributed by atoms with Crippen LogP contribution in [0.3, 0.4) is 0 Å². The Bertz CT molecular complexity index is 397. The molecule has 0 saturated carbocycles. The van der Waals surface area contributed by atoms with Crippen molar-refractivity contribution in [3.8, 4) is 0 Å². The number of alkyl carbamates (subject to hydrolysis) is 1. The molecule has 0 rings (SSSR count). The summed E-state index contributed by atoms with van der Waals surface area (Å²) in [5.41, 5.74) is -0.628. The highest BCUT2D eigenvalue weighted by atomic mass is 32.2. The Balaban J connectivity index is 3.81. The summed E-state index contributed by atoms with van der Waals surface area (Å²) in [6, 6.07) is 0. The lowest BCUT2D eigenvalue weighted by atomic mass is 10.2. The van der Waals surface area contributed by atoms with Crippen molar-refractivity contribution in [2.45, 2.75) is 26.4 Å². The molecule has 0 aromatic carbocycles. The molecular formula is C10H20N2O5S. The highest BCUT2D eigenvalue weighted by molar-refractivity contribution is 7.90. The molecule has 0 saturated heterocycles. The molecule has 8 heteroatoms. The maximum Gasteiger partial charge on any atom is 0.408 e. The normalized spacial score (nSPS) is 11.8. The van der Waals surface area contributed by atoms with Gasteiger partial charge in [0.1, 0.15) is 15.4 Å². The molecular weight excluding hydrogens is 260 g/mol. The topological polar surface area (TPSA) is 102 Å². The molecule has 0 radical (unpaired) electrons. The Kier molecular flexibility index (Phi) is 6.10. The van der Waals surface area contributed by atoms with Crippen LogP contribution >= 0.6 is 0 Å². The molecule has 0 aromatic heterocycles. The molecule has 2 N–H and O–H groups in total. The van der Waals surface area contributed by atoms with Gasteiger partial charge < -0.3 is 15.4 Å². The first-order chi connectivity index (χ1) is 7.99. The summed E-state index contributed by atoms with van der Waals surface area (Å²) in [6.07, 6.45) is 0.388. The summed E-state index contributed by atoms with van der Waals surface area (Å²) < 4.78 is 26.5. The van der Waals surface area contributed by atoms with E-state index in [4.69, 9.17) is 4.74 Å². The van der Waals surface area contributed by atoms with E-state index in [0.717, 1.165) is 6.26 Å². The third-order valence-electron chi connectivity index (χ3n) is 1.59. The number of sulfone groups is 1. The summed E-state index contributed by atoms with van der Waals surface area (Å²) in [6.45, 7) is 4.89. The number of hydrogen-bond donors (Lipinski definition) is 2. The van der Waals surface area contributed by atoms with Crippen LogP contribution in [-0.2, 0) is 19.4 Å². The Labute approximate surface area is 107 Å². The molecule has 0 aliphatic carbocycles. The van der Waals surface area contributed by atoms with Crippen LogP contribution in [-0.4, -0.2) is 51.1 Å². The SMILES string of the molecule is CC(C)(C)OC(=O)NCC(=O)NCCS(C)(=O)=O. The van der Waals surface area contributed by atoms with Crippen LogP contribution in [0, 0.1) is 0 Å². The molecule has 2 amide bonds. The van der Waals surface area contributed by atoms with E-state index in [2.05, 4.69) is 10.6 Å². The molecule has 0 aromatic rings. The van der Waals surface area contributed by atoms with Crippen molar-refractivity contribution in [1.82, 2.24) is 10.6 Å². The molecule has 0 spiro atoms. The summed E-state index contributed by atoms with van der Waals surface area (Å²) in [5, 5.41) is 4.63. The van der Waals surface area contributed by atoms with Gasteiger partial charge in [0.2, 0.25) is 5.91 Å². The van der Waals surface area contributed by atoms with Crippen molar-refractivity contribution in [3.05, 3.63) is 0 Å². The van der Waals surface area contributed by atoms with E-state index >= 15 is 0 Å². The fourth-order valence-electron chi connectivity index (χ4n) is 0.905. The highest BCUT2D eigenvalue weighted by Gasteiger charge is 2.16. The van der Waals surface area contributed by atoms with Crippen molar-refractivity contribution in [1.29, 1.82) is 0 Å². The minimum Gasteiger partial charge on any atom is -0.444 e. The van der Waals surface area contributed by atoms with Gasteiger partial charge in [-0.15, -0.1) is 0 Å². The maximum atomic E-state index is 11.2. The van der Waals surface area contributed by atoms with Crippen LogP contribution in [0.1, 0.15) is 20.8 Å². The third-order valence-corrected chi connectivity index (χ3v) is 2.53. The Morgan fingerprint density at radius 1 is 1.17 bits per heavy atom. The summed E-state index contributed by atoms with van der Waals surface area (Å²) in [5.74, 6) is -0.602. The van der Waals surface area contributed by atoms with Crippen LogP contribution < -0.4 is 10.6 Å². The van der Waals surface area contributed by atoms with Gasteiger partial charge in [-0.25, -0.2) is 13.2 Å². The molecule has 106 valence electrons. The van der Waals surface area contributed by atoms with E-state index in [0.29, 0.717) is 0 Å². The number of nitrogens with one attached hydrogen (secondary N) is 2. The van der Waals surface area contributed by atoms with Gasteiger partial charge in [0, 0.05) is 12.8 Å². The molecule has 0 aliphatic rings. The Morgan fingerprint density at radius 3 is 2.17 bits per heavy atom. The first kappa shape index (κ1) is 16.7. The molecule has 0 atom stereocenters. The number of carbonyl (C=O) groups is 2. The maximum absolute atomic E-state index is 11.2. The van der Waals surface area contributed by atoms with Crippen molar-refractivity contribution >= 4 is 21.8 Å². The lowest BCUT2D eigenvalue weighted by molar-refractivity contribution is -0.120. The molecule has 7 nitrogen and oxygen atoms in total. The second kappa shape index (κ2) is 6.58. The summed E-state index contributed by atoms with van der Waals surface area (Å²) >= 11 is 0. The quantitative estimate of drug-likeness (QED) is 0.718. The number of amides is 2. The first-order valence-corrected chi connectivity index (χ1v) is 7.47. The predicted octanol–water partition coefficient (Wildman–Crippen LogP) is -0.328. The van der Waals surface area contributed by atoms with Gasteiger partial charge in [-0.05, 0) is 20.8 Å². The van der Waals surface area contributed by atoms with Crippen LogP contribution in [0.5, 0.6) is 0 Å². The summed E-state index contributed by atoms with van der Waals surface area (Å²) in [4.78, 5) is 22.4. The second-order valence-electron chi connectivity index (χ2n) is 4.84. The predicted molar refractivity (Wildman–Crippen MR) is 67.0 cm³/mol. The van der Waals surface area contributed by atoms with Crippen LogP contribution in [0.4, 0.5) is 4.79 Å². The third kappa shape index (κ3) is 11.2. The van der Waals surface area contributed by atoms with E-state index in [1.807, 2.05) is 0 Å². The summed E-state index contributed by atoms with van der Waals surface area (Å²) in [7, 11) is -3.10. The van der Waals surface area contributed by atoms with Gasteiger partial charge >= 0.3 is 6.09 Å². The first-order valence-electron chi connectivity index (χ1n) is 5.41. The Hall–Kier alpha value is -1.31. The zero-order chi connectivity index (χ0) is 14.4. The zero-order valence-electron chi connectivity index (χ0n) is 11.1. The van der Waals surface area contributed by atoms with Crippen molar-refractivity contribution in [3.63, 3.8) is 0 Å². The smallest absolute Gasteiger partial charge is 0.408 e. The highest BCUT2D eigenvalue weighted by Crippen LogP contribution is 2.05. The fourth-order valence-corrected chi connectivity index (χ4v) is 1.38. The zero-order valence-corrected chi connectivity index (χ0v) is 11.9. The van der Waals surface area contributed by atoms with E-state index < -0.39 is 27.4 Å². The fraction of sp³-hybridized carbons (Fsp3) is 0.800. The van der Waals surface area contributed by atoms with Crippen molar-refractivity contribution in [2.24, 2.45) is 0 Å². The average molecular weight is 280 g/mol. The molecule has 0 aliphatic heterocycles. The largest absolute Gasteiger partial charge is 0.444 e. The van der Waals surface area contributed by atoms with Gasteiger partial charge in [-0.3, -0.25) is 4.79 Å². The van der Waals surface area contributed by atoms with Gasteiger partial charge in [-0.2, -0.15) is 0 Å². The van der Waals surface area contributed by atoms with Gasteiger partial charge in [0.05, 0.1) is 12.3 Å². The van der Waals surface area contributed by atoms with E-state index in [-0.39, 0.29) is 18.8 Å². The van der Waals surface area contributed by atoms with Gasteiger partial charge in [0.15, 0.2) is 0 Å². The minimum atomic E-state index is -3.10. The molecule has 0 heterocycles. The molecule has 0 bridgehead atoms. The Morgan fingerprint density at radius 2 is 1.72 bits per heavy atom. The van der Waals surface area contributed by atoms with Crippen molar-refractivity contribution in [2.75, 3.05) is 25.1 Å². The van der Waals surface area contributed by atoms with Crippen LogP contribution in [0.15, 0.2) is 0 Å². The van der Waals surface area contributed by atoms with Crippen LogP contribution in [0.2, 0.25) is 0 Å². The minimum absolute atomic E-state index is 0.0215. The number of carbonyl (C=O) groups excluding carboxylic acids is 2. The number of rotatable bonds is 5. The van der Waals surface area contributed by atoms with Crippen LogP contribution in [0.25, 0.3) is 0 Å². The average Bonchev–Trinajstić information content (AvgIpc) is 2.09.